The first-order chi connectivity index (χ1) is 11.9. The van der Waals surface area contributed by atoms with Crippen molar-refractivity contribution < 1.29 is 14.4 Å². The van der Waals surface area contributed by atoms with Crippen LogP contribution in [0, 0.1) is 0 Å². The van der Waals surface area contributed by atoms with Crippen molar-refractivity contribution >= 4 is 13.7 Å². The van der Waals surface area contributed by atoms with Gasteiger partial charge in [-0.15, -0.1) is 4.76 Å². The van der Waals surface area contributed by atoms with Gasteiger partial charge in [0.2, 0.25) is 5.96 Å². The van der Waals surface area contributed by atoms with Gasteiger partial charge in [0, 0.05) is 26.7 Å². The fourth-order valence-electron chi connectivity index (χ4n) is 3.32. The second-order valence-corrected chi connectivity index (χ2v) is 8.44. The van der Waals surface area contributed by atoms with E-state index in [1.165, 1.54) is 70.6 Å². The Bertz CT molecular complexity index is 426. The van der Waals surface area contributed by atoms with Crippen LogP contribution in [0.15, 0.2) is 4.76 Å². The lowest BCUT2D eigenvalue weighted by molar-refractivity contribution is 0.371. The molecule has 6 nitrogen and oxygen atoms in total. The van der Waals surface area contributed by atoms with Crippen molar-refractivity contribution in [3.8, 4) is 0 Å². The van der Waals surface area contributed by atoms with Crippen molar-refractivity contribution in [2.45, 2.75) is 84.0 Å². The zero-order chi connectivity index (χ0) is 18.5. The van der Waals surface area contributed by atoms with Crippen LogP contribution in [0.4, 0.5) is 0 Å². The molecule has 2 N–H and O–H groups in total. The highest BCUT2D eigenvalue weighted by Gasteiger charge is 2.26. The maximum absolute atomic E-state index is 11.1. The maximum Gasteiger partial charge on any atom is 0.451 e. The van der Waals surface area contributed by atoms with Gasteiger partial charge < -0.3 is 19.6 Å². The summed E-state index contributed by atoms with van der Waals surface area (Å²) < 4.78 is 14.7. The van der Waals surface area contributed by atoms with E-state index in [9.17, 15) is 4.57 Å². The summed E-state index contributed by atoms with van der Waals surface area (Å²) >= 11 is 0. The highest BCUT2D eigenvalue weighted by Crippen LogP contribution is 2.37. The Labute approximate surface area is 153 Å². The Morgan fingerprint density at radius 3 is 1.84 bits per heavy atom. The molecule has 0 saturated carbocycles. The van der Waals surface area contributed by atoms with Gasteiger partial charge >= 0.3 is 7.75 Å². The molecule has 0 spiro atoms. The molecule has 0 aromatic carbocycles. The molecule has 7 heteroatoms. The number of rotatable bonds is 14. The lowest BCUT2D eigenvalue weighted by Gasteiger charge is -2.20. The van der Waals surface area contributed by atoms with E-state index in [0.717, 1.165) is 26.1 Å². The maximum atomic E-state index is 11.1. The average Bonchev–Trinajstić information content (AvgIpc) is 2.87. The van der Waals surface area contributed by atoms with Crippen LogP contribution in [0.25, 0.3) is 0 Å². The fourth-order valence-corrected chi connectivity index (χ4v) is 3.84. The fraction of sp³-hybridized carbons (Fsp3) is 0.944. The highest BCUT2D eigenvalue weighted by atomic mass is 31.2. The van der Waals surface area contributed by atoms with Gasteiger partial charge in [-0.05, 0) is 6.42 Å². The van der Waals surface area contributed by atoms with Crippen molar-refractivity contribution in [2.24, 2.45) is 4.76 Å². The molecule has 0 aromatic rings. The summed E-state index contributed by atoms with van der Waals surface area (Å²) in [6, 6.07) is 0. The van der Waals surface area contributed by atoms with Crippen molar-refractivity contribution in [1.82, 2.24) is 9.80 Å². The van der Waals surface area contributed by atoms with Gasteiger partial charge in [0.15, 0.2) is 0 Å². The molecule has 0 aliphatic carbocycles. The Hall–Kier alpha value is -0.580. The van der Waals surface area contributed by atoms with E-state index < -0.39 is 7.75 Å². The number of unbranched alkanes of at least 4 members (excludes halogenated alkanes) is 11. The average molecular weight is 375 g/mol. The predicted octanol–water partition coefficient (Wildman–Crippen LogP) is 4.38. The second kappa shape index (κ2) is 12.7. The molecule has 0 unspecified atom stereocenters. The molecule has 1 rings (SSSR count). The van der Waals surface area contributed by atoms with Gasteiger partial charge in [0.1, 0.15) is 0 Å². The first kappa shape index (κ1) is 22.5. The highest BCUT2D eigenvalue weighted by molar-refractivity contribution is 7.50. The topological polar surface area (TPSA) is 76.4 Å². The third-order valence-corrected chi connectivity index (χ3v) is 5.27. The minimum absolute atomic E-state index is 0.441. The molecule has 1 fully saturated rings. The van der Waals surface area contributed by atoms with Crippen LogP contribution in [0.2, 0.25) is 0 Å². The van der Waals surface area contributed by atoms with Crippen LogP contribution < -0.4 is 0 Å². The Kier molecular flexibility index (Phi) is 11.4. The van der Waals surface area contributed by atoms with Gasteiger partial charge in [-0.3, -0.25) is 0 Å². The van der Waals surface area contributed by atoms with E-state index in [1.807, 2.05) is 16.8 Å². The first-order valence-corrected chi connectivity index (χ1v) is 11.6. The van der Waals surface area contributed by atoms with Crippen LogP contribution in [0.3, 0.4) is 0 Å². The number of hydrogen-bond donors (Lipinski definition) is 2. The molecular formula is C18H38N3O3P. The van der Waals surface area contributed by atoms with Crippen LogP contribution >= 0.6 is 7.75 Å². The Balaban J connectivity index is 2.02. The summed E-state index contributed by atoms with van der Waals surface area (Å²) in [5.41, 5.74) is 0. The van der Waals surface area contributed by atoms with Crippen LogP contribution in [0.5, 0.6) is 0 Å². The van der Waals surface area contributed by atoms with E-state index in [-0.39, 0.29) is 0 Å². The summed E-state index contributed by atoms with van der Waals surface area (Å²) in [6.45, 7) is 4.66. The van der Waals surface area contributed by atoms with E-state index >= 15 is 0 Å². The zero-order valence-electron chi connectivity index (χ0n) is 16.2. The largest absolute Gasteiger partial charge is 0.451 e. The van der Waals surface area contributed by atoms with E-state index in [4.69, 9.17) is 9.79 Å². The second-order valence-electron chi connectivity index (χ2n) is 7.21. The number of nitrogens with zero attached hydrogens (tertiary/aromatic N) is 3. The molecule has 1 heterocycles. The molecular weight excluding hydrogens is 337 g/mol. The molecule has 0 atom stereocenters. The summed E-state index contributed by atoms with van der Waals surface area (Å²) in [6.07, 6.45) is 15.8. The number of hydrogen-bond acceptors (Lipinski definition) is 1. The normalized spacial score (nSPS) is 17.0. The molecule has 1 saturated heterocycles. The van der Waals surface area contributed by atoms with Crippen molar-refractivity contribution in [2.75, 3.05) is 26.7 Å². The minimum atomic E-state index is -4.35. The molecule has 1 aliphatic rings. The molecule has 1 aliphatic heterocycles. The van der Waals surface area contributed by atoms with Crippen LogP contribution in [-0.2, 0) is 4.57 Å². The van der Waals surface area contributed by atoms with Gasteiger partial charge in [0.25, 0.3) is 0 Å². The minimum Gasteiger partial charge on any atom is -0.344 e. The monoisotopic (exact) mass is 375 g/mol. The van der Waals surface area contributed by atoms with Crippen LogP contribution in [-0.4, -0.2) is 52.2 Å². The number of likely N-dealkylation sites (N-methyl/N-ethyl adjacent to an activating group) is 1. The summed E-state index contributed by atoms with van der Waals surface area (Å²) in [7, 11) is -2.52. The van der Waals surface area contributed by atoms with E-state index in [0.29, 0.717) is 5.96 Å². The van der Waals surface area contributed by atoms with Gasteiger partial charge in [-0.25, -0.2) is 4.57 Å². The SMILES string of the molecule is CCCCCCCCCCCCCCN1CCN(C)C1=NP(=O)(O)O. The van der Waals surface area contributed by atoms with Gasteiger partial charge in [0.05, 0.1) is 0 Å². The van der Waals surface area contributed by atoms with Gasteiger partial charge in [-0.2, -0.15) is 0 Å². The third-order valence-electron chi connectivity index (χ3n) is 4.83. The quantitative estimate of drug-likeness (QED) is 0.348. The van der Waals surface area contributed by atoms with Gasteiger partial charge in [-0.1, -0.05) is 77.6 Å². The Morgan fingerprint density at radius 1 is 0.880 bits per heavy atom. The summed E-state index contributed by atoms with van der Waals surface area (Å²) in [4.78, 5) is 21.9. The first-order valence-electron chi connectivity index (χ1n) is 10.1. The van der Waals surface area contributed by atoms with Crippen molar-refractivity contribution in [3.05, 3.63) is 0 Å². The van der Waals surface area contributed by atoms with E-state index in [1.54, 1.807) is 0 Å². The van der Waals surface area contributed by atoms with Crippen LogP contribution in [0.1, 0.15) is 84.0 Å². The molecule has 0 aromatic heterocycles. The zero-order valence-corrected chi connectivity index (χ0v) is 17.1. The molecule has 0 bridgehead atoms. The third kappa shape index (κ3) is 10.9. The lowest BCUT2D eigenvalue weighted by Crippen LogP contribution is -2.32. The smallest absolute Gasteiger partial charge is 0.344 e. The molecule has 25 heavy (non-hydrogen) atoms. The lowest BCUT2D eigenvalue weighted by atomic mass is 10.1. The molecule has 0 amide bonds. The molecule has 0 radical (unpaired) electrons. The van der Waals surface area contributed by atoms with Crippen molar-refractivity contribution in [3.63, 3.8) is 0 Å². The van der Waals surface area contributed by atoms with Crippen molar-refractivity contribution in [1.29, 1.82) is 0 Å². The standard InChI is InChI=1S/C18H38N3O3P/c1-3-4-5-6-7-8-9-10-11-12-13-14-15-21-17-16-20(2)18(21)19-25(22,23)24/h3-17H2,1-2H3,(H2,22,23,24). The number of guanidine groups is 1. The summed E-state index contributed by atoms with van der Waals surface area (Å²) in [5, 5.41) is 0. The summed E-state index contributed by atoms with van der Waals surface area (Å²) in [5.74, 6) is 0.441. The predicted molar refractivity (Wildman–Crippen MR) is 105 cm³/mol. The van der Waals surface area contributed by atoms with E-state index in [2.05, 4.69) is 11.7 Å². The Morgan fingerprint density at radius 2 is 1.36 bits per heavy atom. The molecule has 148 valence electrons.